The molecule has 1 aromatic heterocycles. The normalized spacial score (nSPS) is 14.7. The molecule has 0 bridgehead atoms. The average molecular weight is 385 g/mol. The van der Waals surface area contributed by atoms with Gasteiger partial charge in [-0.15, -0.1) is 0 Å². The molecule has 7 nitrogen and oxygen atoms in total. The van der Waals surface area contributed by atoms with Crippen LogP contribution in [0.3, 0.4) is 0 Å². The molecule has 3 rings (SSSR count). The minimum atomic E-state index is -0.0107. The molecular formula is C21H27N3O4. The SMILES string of the molecule is CCOc1cc(C(=O)N2CCN(CCO)CC2)ccc1OCc1cccnc1. The average Bonchev–Trinajstić information content (AvgIpc) is 2.74. The summed E-state index contributed by atoms with van der Waals surface area (Å²) in [6.07, 6.45) is 3.48. The Balaban J connectivity index is 1.67. The lowest BCUT2D eigenvalue weighted by Crippen LogP contribution is -2.49. The Bertz CT molecular complexity index is 762. The van der Waals surface area contributed by atoms with Gasteiger partial charge in [-0.3, -0.25) is 14.7 Å². The highest BCUT2D eigenvalue weighted by atomic mass is 16.5. The zero-order valence-electron chi connectivity index (χ0n) is 16.2. The number of piperazine rings is 1. The molecule has 150 valence electrons. The van der Waals surface area contributed by atoms with Crippen LogP contribution in [-0.4, -0.2) is 71.7 Å². The number of aromatic nitrogens is 1. The second kappa shape index (κ2) is 10.1. The van der Waals surface area contributed by atoms with Crippen LogP contribution in [-0.2, 0) is 6.61 Å². The van der Waals surface area contributed by atoms with E-state index >= 15 is 0 Å². The molecule has 1 aliphatic rings. The van der Waals surface area contributed by atoms with Gasteiger partial charge in [0.05, 0.1) is 13.2 Å². The Morgan fingerprint density at radius 2 is 1.96 bits per heavy atom. The molecule has 7 heteroatoms. The van der Waals surface area contributed by atoms with Crippen LogP contribution in [0.1, 0.15) is 22.8 Å². The fourth-order valence-electron chi connectivity index (χ4n) is 3.17. The topological polar surface area (TPSA) is 75.1 Å². The maximum absolute atomic E-state index is 12.9. The van der Waals surface area contributed by atoms with Gasteiger partial charge in [0, 0.05) is 56.2 Å². The zero-order chi connectivity index (χ0) is 19.8. The van der Waals surface area contributed by atoms with Gasteiger partial charge in [0.2, 0.25) is 0 Å². The first-order valence-corrected chi connectivity index (χ1v) is 9.62. The monoisotopic (exact) mass is 385 g/mol. The van der Waals surface area contributed by atoms with Crippen LogP contribution in [0.15, 0.2) is 42.7 Å². The van der Waals surface area contributed by atoms with Gasteiger partial charge < -0.3 is 19.5 Å². The summed E-state index contributed by atoms with van der Waals surface area (Å²) >= 11 is 0. The predicted octanol–water partition coefficient (Wildman–Crippen LogP) is 1.81. The van der Waals surface area contributed by atoms with Gasteiger partial charge in [0.15, 0.2) is 11.5 Å². The van der Waals surface area contributed by atoms with Gasteiger partial charge in [0.1, 0.15) is 6.61 Å². The number of amides is 1. The van der Waals surface area contributed by atoms with Crippen molar-refractivity contribution in [1.29, 1.82) is 0 Å². The Labute approximate surface area is 165 Å². The van der Waals surface area contributed by atoms with Crippen molar-refractivity contribution in [3.8, 4) is 11.5 Å². The molecule has 0 aliphatic carbocycles. The fraction of sp³-hybridized carbons (Fsp3) is 0.429. The minimum Gasteiger partial charge on any atom is -0.490 e. The van der Waals surface area contributed by atoms with Crippen molar-refractivity contribution < 1.29 is 19.4 Å². The number of ether oxygens (including phenoxy) is 2. The molecule has 1 amide bonds. The summed E-state index contributed by atoms with van der Waals surface area (Å²) in [6.45, 7) is 6.43. The van der Waals surface area contributed by atoms with E-state index in [1.165, 1.54) is 0 Å². The summed E-state index contributed by atoms with van der Waals surface area (Å²) in [4.78, 5) is 20.9. The van der Waals surface area contributed by atoms with Gasteiger partial charge in [-0.25, -0.2) is 0 Å². The summed E-state index contributed by atoms with van der Waals surface area (Å²) < 4.78 is 11.6. The first-order valence-electron chi connectivity index (χ1n) is 9.62. The fourth-order valence-corrected chi connectivity index (χ4v) is 3.17. The number of hydrogen-bond donors (Lipinski definition) is 1. The predicted molar refractivity (Wildman–Crippen MR) is 106 cm³/mol. The molecule has 1 N–H and O–H groups in total. The standard InChI is InChI=1S/C21H27N3O4/c1-2-27-20-14-18(21(26)24-10-8-23(9-11-24)12-13-25)5-6-19(20)28-16-17-4-3-7-22-15-17/h3-7,14-15,25H,2,8-13,16H2,1H3. The zero-order valence-corrected chi connectivity index (χ0v) is 16.2. The Morgan fingerprint density at radius 1 is 1.14 bits per heavy atom. The highest BCUT2D eigenvalue weighted by Gasteiger charge is 2.22. The Kier molecular flexibility index (Phi) is 7.22. The summed E-state index contributed by atoms with van der Waals surface area (Å²) in [5.41, 5.74) is 1.55. The molecule has 1 saturated heterocycles. The van der Waals surface area contributed by atoms with Crippen LogP contribution >= 0.6 is 0 Å². The van der Waals surface area contributed by atoms with Crippen molar-refractivity contribution in [3.05, 3.63) is 53.9 Å². The van der Waals surface area contributed by atoms with Crippen molar-refractivity contribution in [1.82, 2.24) is 14.8 Å². The van der Waals surface area contributed by atoms with Gasteiger partial charge in [-0.05, 0) is 31.2 Å². The van der Waals surface area contributed by atoms with E-state index in [1.807, 2.05) is 24.0 Å². The number of hydrogen-bond acceptors (Lipinski definition) is 6. The van der Waals surface area contributed by atoms with Gasteiger partial charge >= 0.3 is 0 Å². The van der Waals surface area contributed by atoms with E-state index in [0.717, 1.165) is 18.7 Å². The number of rotatable bonds is 8. The van der Waals surface area contributed by atoms with E-state index in [-0.39, 0.29) is 12.5 Å². The van der Waals surface area contributed by atoms with Crippen molar-refractivity contribution in [3.63, 3.8) is 0 Å². The first kappa shape index (κ1) is 20.1. The molecule has 0 spiro atoms. The number of carbonyl (C=O) groups is 1. The molecular weight excluding hydrogens is 358 g/mol. The van der Waals surface area contributed by atoms with E-state index in [1.54, 1.807) is 30.6 Å². The van der Waals surface area contributed by atoms with E-state index < -0.39 is 0 Å². The lowest BCUT2D eigenvalue weighted by atomic mass is 10.1. The van der Waals surface area contributed by atoms with E-state index in [4.69, 9.17) is 14.6 Å². The third-order valence-electron chi connectivity index (χ3n) is 4.68. The Morgan fingerprint density at radius 3 is 2.64 bits per heavy atom. The largest absolute Gasteiger partial charge is 0.490 e. The highest BCUT2D eigenvalue weighted by Crippen LogP contribution is 2.30. The number of benzene rings is 1. The first-order chi connectivity index (χ1) is 13.7. The van der Waals surface area contributed by atoms with Crippen LogP contribution in [0.5, 0.6) is 11.5 Å². The molecule has 0 radical (unpaired) electrons. The van der Waals surface area contributed by atoms with E-state index in [0.29, 0.717) is 49.9 Å². The van der Waals surface area contributed by atoms with Gasteiger partial charge in [-0.1, -0.05) is 6.07 Å². The molecule has 1 fully saturated rings. The summed E-state index contributed by atoms with van der Waals surface area (Å²) in [5, 5.41) is 9.04. The molecule has 0 unspecified atom stereocenters. The lowest BCUT2D eigenvalue weighted by Gasteiger charge is -2.34. The molecule has 2 heterocycles. The van der Waals surface area contributed by atoms with Crippen molar-refractivity contribution in [2.45, 2.75) is 13.5 Å². The molecule has 28 heavy (non-hydrogen) atoms. The molecule has 0 saturated carbocycles. The summed E-state index contributed by atoms with van der Waals surface area (Å²) in [6, 6.07) is 9.14. The van der Waals surface area contributed by atoms with Crippen molar-refractivity contribution in [2.24, 2.45) is 0 Å². The third kappa shape index (κ3) is 5.21. The van der Waals surface area contributed by atoms with E-state index in [9.17, 15) is 4.79 Å². The quantitative estimate of drug-likeness (QED) is 0.747. The molecule has 1 aromatic carbocycles. The van der Waals surface area contributed by atoms with E-state index in [2.05, 4.69) is 9.88 Å². The van der Waals surface area contributed by atoms with Crippen LogP contribution < -0.4 is 9.47 Å². The maximum Gasteiger partial charge on any atom is 0.254 e. The highest BCUT2D eigenvalue weighted by molar-refractivity contribution is 5.95. The number of β-amino-alcohol motifs (C(OH)–C–C–N with tert-alkyl or cyclic N) is 1. The van der Waals surface area contributed by atoms with Crippen LogP contribution in [0, 0.1) is 0 Å². The smallest absolute Gasteiger partial charge is 0.254 e. The number of aliphatic hydroxyl groups excluding tert-OH is 1. The van der Waals surface area contributed by atoms with Gasteiger partial charge in [-0.2, -0.15) is 0 Å². The van der Waals surface area contributed by atoms with Crippen molar-refractivity contribution in [2.75, 3.05) is 45.9 Å². The number of aliphatic hydroxyl groups is 1. The summed E-state index contributed by atoms with van der Waals surface area (Å²) in [7, 11) is 0. The third-order valence-corrected chi connectivity index (χ3v) is 4.68. The molecule has 0 atom stereocenters. The molecule has 1 aliphatic heterocycles. The number of pyridine rings is 1. The second-order valence-corrected chi connectivity index (χ2v) is 6.60. The minimum absolute atomic E-state index is 0.0107. The second-order valence-electron chi connectivity index (χ2n) is 6.60. The maximum atomic E-state index is 12.9. The lowest BCUT2D eigenvalue weighted by molar-refractivity contribution is 0.0614. The van der Waals surface area contributed by atoms with Crippen LogP contribution in [0.25, 0.3) is 0 Å². The number of carbonyl (C=O) groups excluding carboxylic acids is 1. The Hall–Kier alpha value is -2.64. The van der Waals surface area contributed by atoms with Crippen LogP contribution in [0.4, 0.5) is 0 Å². The van der Waals surface area contributed by atoms with Gasteiger partial charge in [0.25, 0.3) is 5.91 Å². The number of nitrogens with zero attached hydrogens (tertiary/aromatic N) is 3. The van der Waals surface area contributed by atoms with Crippen LogP contribution in [0.2, 0.25) is 0 Å². The summed E-state index contributed by atoms with van der Waals surface area (Å²) in [5.74, 6) is 1.16. The van der Waals surface area contributed by atoms with Crippen molar-refractivity contribution >= 4 is 5.91 Å². The molecule has 2 aromatic rings.